The molecule has 27 heavy (non-hydrogen) atoms. The molecule has 1 aromatic heterocycles. The van der Waals surface area contributed by atoms with Crippen molar-refractivity contribution >= 4 is 15.8 Å². The molecule has 0 saturated heterocycles. The summed E-state index contributed by atoms with van der Waals surface area (Å²) in [7, 11) is -3.83. The maximum atomic E-state index is 12.6. The lowest BCUT2D eigenvalue weighted by atomic mass is 10.0. The summed E-state index contributed by atoms with van der Waals surface area (Å²) in [4.78, 5) is 12.3. The maximum absolute atomic E-state index is 12.6. The second kappa shape index (κ2) is 7.40. The first-order chi connectivity index (χ1) is 12.8. The van der Waals surface area contributed by atoms with Gasteiger partial charge in [0.1, 0.15) is 5.75 Å². The van der Waals surface area contributed by atoms with Crippen LogP contribution < -0.4 is 4.74 Å². The van der Waals surface area contributed by atoms with Gasteiger partial charge >= 0.3 is 5.97 Å². The highest BCUT2D eigenvalue weighted by molar-refractivity contribution is 7.91. The number of ether oxygens (including phenoxy) is 1. The molecule has 2 aromatic carbocycles. The van der Waals surface area contributed by atoms with Gasteiger partial charge in [0.05, 0.1) is 4.90 Å². The van der Waals surface area contributed by atoms with Crippen molar-refractivity contribution in [1.29, 1.82) is 0 Å². The maximum Gasteiger partial charge on any atom is 0.379 e. The van der Waals surface area contributed by atoms with Crippen LogP contribution in [0.3, 0.4) is 0 Å². The largest absolute Gasteiger partial charge is 0.437 e. The lowest BCUT2D eigenvalue weighted by molar-refractivity contribution is 0.0695. The third-order valence-electron chi connectivity index (χ3n) is 4.14. The second-order valence-electron chi connectivity index (χ2n) is 6.55. The minimum absolute atomic E-state index is 0.103. The van der Waals surface area contributed by atoms with Crippen LogP contribution in [0.4, 0.5) is 0 Å². The minimum atomic E-state index is -3.83. The van der Waals surface area contributed by atoms with Crippen LogP contribution in [-0.2, 0) is 9.84 Å². The molecule has 3 aromatic rings. The molecule has 0 aliphatic carbocycles. The topological polar surface area (TPSA) is 73.6 Å². The third-order valence-corrected chi connectivity index (χ3v) is 5.78. The van der Waals surface area contributed by atoms with Gasteiger partial charge in [-0.05, 0) is 54.8 Å². The zero-order valence-electron chi connectivity index (χ0n) is 15.3. The molecule has 0 aliphatic rings. The number of aryl methyl sites for hydroxylation is 1. The zero-order chi connectivity index (χ0) is 19.6. The molecule has 5 nitrogen and oxygen atoms in total. The van der Waals surface area contributed by atoms with E-state index in [-0.39, 0.29) is 15.7 Å². The van der Waals surface area contributed by atoms with E-state index >= 15 is 0 Å². The van der Waals surface area contributed by atoms with Crippen LogP contribution in [0.1, 0.15) is 41.4 Å². The van der Waals surface area contributed by atoms with Gasteiger partial charge in [0.15, 0.2) is 0 Å². The first-order valence-electron chi connectivity index (χ1n) is 8.51. The molecular weight excluding hydrogens is 364 g/mol. The number of carbonyl (C=O) groups excluding carboxylic acids is 1. The van der Waals surface area contributed by atoms with Gasteiger partial charge in [-0.25, -0.2) is 13.2 Å². The number of sulfone groups is 1. The summed E-state index contributed by atoms with van der Waals surface area (Å²) in [5.41, 5.74) is 2.07. The van der Waals surface area contributed by atoms with E-state index in [4.69, 9.17) is 9.15 Å². The molecule has 0 unspecified atom stereocenters. The summed E-state index contributed by atoms with van der Waals surface area (Å²) >= 11 is 0. The second-order valence-corrected chi connectivity index (χ2v) is 8.43. The van der Waals surface area contributed by atoms with E-state index < -0.39 is 15.8 Å². The number of hydrogen-bond acceptors (Lipinski definition) is 5. The predicted molar refractivity (Wildman–Crippen MR) is 101 cm³/mol. The number of rotatable bonds is 5. The zero-order valence-corrected chi connectivity index (χ0v) is 16.1. The Labute approximate surface area is 158 Å². The fourth-order valence-electron chi connectivity index (χ4n) is 2.49. The highest BCUT2D eigenvalue weighted by atomic mass is 32.2. The average Bonchev–Trinajstić information content (AvgIpc) is 3.14. The summed E-state index contributed by atoms with van der Waals surface area (Å²) in [5.74, 6) is -0.190. The summed E-state index contributed by atoms with van der Waals surface area (Å²) in [6.07, 6.45) is 0. The molecule has 140 valence electrons. The summed E-state index contributed by atoms with van der Waals surface area (Å²) in [5, 5.41) is -0.298. The first kappa shape index (κ1) is 18.9. The summed E-state index contributed by atoms with van der Waals surface area (Å²) < 4.78 is 35.7. The number of benzene rings is 2. The highest BCUT2D eigenvalue weighted by Gasteiger charge is 2.24. The van der Waals surface area contributed by atoms with Crippen LogP contribution in [0.5, 0.6) is 5.75 Å². The standard InChI is InChI=1S/C21H20O5S/c1-14(2)16-6-8-17(9-7-16)25-21(22)19-12-13-20(26-19)27(23,24)18-10-4-15(3)5-11-18/h4-14H,1-3H3. The van der Waals surface area contributed by atoms with Crippen molar-refractivity contribution in [1.82, 2.24) is 0 Å². The molecule has 0 bridgehead atoms. The third kappa shape index (κ3) is 4.11. The van der Waals surface area contributed by atoms with Crippen LogP contribution in [-0.4, -0.2) is 14.4 Å². The van der Waals surface area contributed by atoms with Crippen molar-refractivity contribution in [3.8, 4) is 5.75 Å². The van der Waals surface area contributed by atoms with Crippen molar-refractivity contribution in [2.45, 2.75) is 36.7 Å². The number of furan rings is 1. The fourth-order valence-corrected chi connectivity index (χ4v) is 3.66. The molecule has 0 fully saturated rings. The Kier molecular flexibility index (Phi) is 5.19. The Morgan fingerprint density at radius 2 is 1.56 bits per heavy atom. The minimum Gasteiger partial charge on any atom is -0.437 e. The van der Waals surface area contributed by atoms with E-state index in [0.717, 1.165) is 11.1 Å². The smallest absolute Gasteiger partial charge is 0.379 e. The molecule has 0 amide bonds. The van der Waals surface area contributed by atoms with Gasteiger partial charge in [0.25, 0.3) is 0 Å². The van der Waals surface area contributed by atoms with E-state index in [2.05, 4.69) is 13.8 Å². The fraction of sp³-hybridized carbons (Fsp3) is 0.190. The van der Waals surface area contributed by atoms with Gasteiger partial charge in [0.2, 0.25) is 20.7 Å². The van der Waals surface area contributed by atoms with Gasteiger partial charge in [-0.15, -0.1) is 0 Å². The van der Waals surface area contributed by atoms with Gasteiger partial charge < -0.3 is 9.15 Å². The monoisotopic (exact) mass is 384 g/mol. The quantitative estimate of drug-likeness (QED) is 0.468. The van der Waals surface area contributed by atoms with Crippen molar-refractivity contribution in [3.63, 3.8) is 0 Å². The number of esters is 1. The molecule has 0 N–H and O–H groups in total. The van der Waals surface area contributed by atoms with Crippen LogP contribution >= 0.6 is 0 Å². The van der Waals surface area contributed by atoms with E-state index in [9.17, 15) is 13.2 Å². The van der Waals surface area contributed by atoms with Gasteiger partial charge in [-0.1, -0.05) is 43.7 Å². The Morgan fingerprint density at radius 1 is 0.926 bits per heavy atom. The SMILES string of the molecule is Cc1ccc(S(=O)(=O)c2ccc(C(=O)Oc3ccc(C(C)C)cc3)o2)cc1. The Hall–Kier alpha value is -2.86. The number of hydrogen-bond donors (Lipinski definition) is 0. The first-order valence-corrected chi connectivity index (χ1v) is 9.99. The van der Waals surface area contributed by atoms with Crippen molar-refractivity contribution < 1.29 is 22.4 Å². The van der Waals surface area contributed by atoms with Crippen LogP contribution in [0, 0.1) is 6.92 Å². The van der Waals surface area contributed by atoms with E-state index in [1.165, 1.54) is 24.3 Å². The molecule has 0 spiro atoms. The van der Waals surface area contributed by atoms with Gasteiger partial charge in [-0.3, -0.25) is 0 Å². The predicted octanol–water partition coefficient (Wildman–Crippen LogP) is 4.76. The lowest BCUT2D eigenvalue weighted by Crippen LogP contribution is -2.07. The van der Waals surface area contributed by atoms with Crippen molar-refractivity contribution in [2.24, 2.45) is 0 Å². The normalized spacial score (nSPS) is 11.6. The average molecular weight is 384 g/mol. The Morgan fingerprint density at radius 3 is 2.15 bits per heavy atom. The van der Waals surface area contributed by atoms with Gasteiger partial charge in [-0.2, -0.15) is 0 Å². The van der Waals surface area contributed by atoms with Crippen LogP contribution in [0.15, 0.2) is 75.1 Å². The van der Waals surface area contributed by atoms with Gasteiger partial charge in [0, 0.05) is 0 Å². The molecule has 1 heterocycles. The molecule has 0 saturated carbocycles. The summed E-state index contributed by atoms with van der Waals surface area (Å²) in [6.45, 7) is 6.00. The van der Waals surface area contributed by atoms with E-state index in [1.807, 2.05) is 19.1 Å². The Balaban J connectivity index is 1.78. The molecule has 0 atom stereocenters. The van der Waals surface area contributed by atoms with Crippen molar-refractivity contribution in [2.75, 3.05) is 0 Å². The number of carbonyl (C=O) groups is 1. The molecular formula is C21H20O5S. The van der Waals surface area contributed by atoms with Crippen molar-refractivity contribution in [3.05, 3.63) is 77.6 Å². The Bertz CT molecular complexity index is 1040. The van der Waals surface area contributed by atoms with Crippen LogP contribution in [0.25, 0.3) is 0 Å². The molecule has 6 heteroatoms. The molecule has 0 radical (unpaired) electrons. The molecule has 3 rings (SSSR count). The highest BCUT2D eigenvalue weighted by Crippen LogP contribution is 2.24. The summed E-state index contributed by atoms with van der Waals surface area (Å²) in [6, 6.07) is 16.1. The molecule has 0 aliphatic heterocycles. The van der Waals surface area contributed by atoms with Crippen LogP contribution in [0.2, 0.25) is 0 Å². The lowest BCUT2D eigenvalue weighted by Gasteiger charge is -2.07. The van der Waals surface area contributed by atoms with E-state index in [1.54, 1.807) is 24.3 Å². The van der Waals surface area contributed by atoms with E-state index in [0.29, 0.717) is 11.7 Å².